The van der Waals surface area contributed by atoms with Crippen LogP contribution in [0.15, 0.2) is 51.6 Å². The lowest BCUT2D eigenvalue weighted by atomic mass is 10.2. The van der Waals surface area contributed by atoms with Gasteiger partial charge in [-0.2, -0.15) is 0 Å². The van der Waals surface area contributed by atoms with Crippen molar-refractivity contribution in [3.05, 3.63) is 53.0 Å². The number of thiophene rings is 1. The zero-order valence-corrected chi connectivity index (χ0v) is 12.4. The summed E-state index contributed by atoms with van der Waals surface area (Å²) in [5, 5.41) is 1.97. The van der Waals surface area contributed by atoms with E-state index in [1.54, 1.807) is 29.2 Å². The van der Waals surface area contributed by atoms with Crippen LogP contribution in [-0.4, -0.2) is 10.9 Å². The van der Waals surface area contributed by atoms with Crippen LogP contribution in [0.3, 0.4) is 0 Å². The van der Waals surface area contributed by atoms with Crippen molar-refractivity contribution in [3.63, 3.8) is 0 Å². The summed E-state index contributed by atoms with van der Waals surface area (Å²) >= 11 is 3.25. The van der Waals surface area contributed by atoms with Gasteiger partial charge >= 0.3 is 0 Å². The maximum absolute atomic E-state index is 11.4. The number of hydrogen-bond donors (Lipinski definition) is 1. The van der Waals surface area contributed by atoms with Gasteiger partial charge in [0, 0.05) is 9.79 Å². The molecular weight excluding hydrogens is 288 g/mol. The van der Waals surface area contributed by atoms with Crippen molar-refractivity contribution in [2.75, 3.05) is 0 Å². The van der Waals surface area contributed by atoms with Gasteiger partial charge in [0.1, 0.15) is 5.69 Å². The largest absolute Gasteiger partial charge is 0.364 e. The van der Waals surface area contributed by atoms with E-state index in [-0.39, 0.29) is 0 Å². The maximum atomic E-state index is 11.4. The van der Waals surface area contributed by atoms with Crippen LogP contribution in [0.5, 0.6) is 0 Å². The molecule has 3 aromatic rings. The molecule has 100 valence electrons. The Morgan fingerprint density at radius 2 is 2.00 bits per heavy atom. The van der Waals surface area contributed by atoms with Crippen molar-refractivity contribution >= 4 is 39.2 Å². The van der Waals surface area contributed by atoms with Crippen LogP contribution in [0.1, 0.15) is 16.1 Å². The molecule has 2 heterocycles. The van der Waals surface area contributed by atoms with Crippen molar-refractivity contribution in [2.45, 2.75) is 16.7 Å². The van der Waals surface area contributed by atoms with Gasteiger partial charge in [-0.1, -0.05) is 29.5 Å². The number of carbonyl (C=O) groups is 1. The molecule has 2 N–H and O–H groups in total. The molecule has 3 nitrogen and oxygen atoms in total. The highest BCUT2D eigenvalue weighted by Crippen LogP contribution is 2.36. The summed E-state index contributed by atoms with van der Waals surface area (Å²) in [6.45, 7) is 2.06. The molecule has 2 aromatic heterocycles. The minimum absolute atomic E-state index is 0.311. The zero-order valence-electron chi connectivity index (χ0n) is 10.8. The normalized spacial score (nSPS) is 10.8. The zero-order chi connectivity index (χ0) is 14.1. The Morgan fingerprint density at radius 3 is 2.70 bits per heavy atom. The quantitative estimate of drug-likeness (QED) is 0.799. The second-order valence-electron chi connectivity index (χ2n) is 4.42. The molecule has 0 aliphatic heterocycles. The number of nitrogens with two attached hydrogens (primary N) is 1. The lowest BCUT2D eigenvalue weighted by Crippen LogP contribution is -2.12. The molecule has 1 aromatic carbocycles. The van der Waals surface area contributed by atoms with E-state index in [2.05, 4.69) is 36.2 Å². The molecule has 0 radical (unpaired) electrons. The van der Waals surface area contributed by atoms with E-state index in [0.717, 1.165) is 20.0 Å². The Morgan fingerprint density at radius 1 is 1.25 bits per heavy atom. The Bertz CT molecular complexity index is 778. The molecule has 1 amide bonds. The van der Waals surface area contributed by atoms with Crippen molar-refractivity contribution in [1.29, 1.82) is 0 Å². The number of aromatic nitrogens is 1. The average molecular weight is 300 g/mol. The number of amides is 1. The third-order valence-corrected chi connectivity index (χ3v) is 4.99. The molecule has 0 saturated carbocycles. The second-order valence-corrected chi connectivity index (χ2v) is 6.45. The molecule has 0 saturated heterocycles. The van der Waals surface area contributed by atoms with E-state index in [9.17, 15) is 4.79 Å². The van der Waals surface area contributed by atoms with E-state index in [0.29, 0.717) is 5.69 Å². The molecular formula is C15H12N2OS2. The Balaban J connectivity index is 2.07. The first-order valence-corrected chi connectivity index (χ1v) is 7.75. The molecule has 3 rings (SSSR count). The van der Waals surface area contributed by atoms with Crippen molar-refractivity contribution in [3.8, 4) is 0 Å². The fourth-order valence-corrected chi connectivity index (χ4v) is 3.77. The minimum atomic E-state index is -0.496. The van der Waals surface area contributed by atoms with Crippen molar-refractivity contribution < 1.29 is 4.79 Å². The van der Waals surface area contributed by atoms with Gasteiger partial charge in [-0.3, -0.25) is 4.79 Å². The fourth-order valence-electron chi connectivity index (χ4n) is 1.86. The van der Waals surface area contributed by atoms with Gasteiger partial charge in [-0.25, -0.2) is 4.98 Å². The first kappa shape index (κ1) is 13.1. The number of aryl methyl sites for hydroxylation is 1. The van der Waals surface area contributed by atoms with Gasteiger partial charge < -0.3 is 5.73 Å². The first-order chi connectivity index (χ1) is 9.63. The smallest absolute Gasteiger partial charge is 0.267 e. The highest BCUT2D eigenvalue weighted by molar-refractivity contribution is 7.99. The van der Waals surface area contributed by atoms with Gasteiger partial charge in [-0.15, -0.1) is 11.3 Å². The Labute approximate surface area is 124 Å². The predicted molar refractivity (Wildman–Crippen MR) is 83.4 cm³/mol. The number of nitrogens with zero attached hydrogens (tertiary/aromatic N) is 1. The van der Waals surface area contributed by atoms with Crippen LogP contribution in [0.2, 0.25) is 0 Å². The Hall–Kier alpha value is -1.85. The molecule has 0 aliphatic carbocycles. The summed E-state index contributed by atoms with van der Waals surface area (Å²) in [6, 6.07) is 12.0. The molecule has 0 fully saturated rings. The lowest BCUT2D eigenvalue weighted by molar-refractivity contribution is 0.0995. The highest BCUT2D eigenvalue weighted by Gasteiger charge is 2.11. The first-order valence-electron chi connectivity index (χ1n) is 6.06. The van der Waals surface area contributed by atoms with Crippen LogP contribution in [0.25, 0.3) is 10.2 Å². The third kappa shape index (κ3) is 2.55. The summed E-state index contributed by atoms with van der Waals surface area (Å²) in [5.74, 6) is -0.496. The second kappa shape index (κ2) is 5.26. The Kier molecular flexibility index (Phi) is 3.46. The van der Waals surface area contributed by atoms with Crippen molar-refractivity contribution in [2.24, 2.45) is 5.73 Å². The van der Waals surface area contributed by atoms with E-state index in [1.165, 1.54) is 5.56 Å². The summed E-state index contributed by atoms with van der Waals surface area (Å²) < 4.78 is 1.08. The highest BCUT2D eigenvalue weighted by atomic mass is 32.2. The third-order valence-electron chi connectivity index (χ3n) is 2.88. The van der Waals surface area contributed by atoms with E-state index in [1.807, 2.05) is 11.4 Å². The van der Waals surface area contributed by atoms with Crippen LogP contribution >= 0.6 is 23.1 Å². The van der Waals surface area contributed by atoms with Gasteiger partial charge in [0.2, 0.25) is 0 Å². The monoisotopic (exact) mass is 300 g/mol. The number of primary amides is 1. The molecule has 0 atom stereocenters. The SMILES string of the molecule is Cc1ccc(Sc2cc(C(N)=O)nc3ccsc23)cc1. The standard InChI is InChI=1S/C15H12N2OS2/c1-9-2-4-10(5-3-9)20-13-8-12(15(16)18)17-11-6-7-19-14(11)13/h2-8H,1H3,(H2,16,18). The summed E-state index contributed by atoms with van der Waals surface area (Å²) in [6.07, 6.45) is 0. The van der Waals surface area contributed by atoms with Crippen LogP contribution in [0, 0.1) is 6.92 Å². The maximum Gasteiger partial charge on any atom is 0.267 e. The van der Waals surface area contributed by atoms with Gasteiger partial charge in [0.25, 0.3) is 5.91 Å². The average Bonchev–Trinajstić information content (AvgIpc) is 2.89. The minimum Gasteiger partial charge on any atom is -0.364 e. The van der Waals surface area contributed by atoms with Crippen molar-refractivity contribution in [1.82, 2.24) is 4.98 Å². The van der Waals surface area contributed by atoms with Gasteiger partial charge in [0.05, 0.1) is 10.2 Å². The summed E-state index contributed by atoms with van der Waals surface area (Å²) in [5.41, 5.74) is 7.70. The molecule has 0 unspecified atom stereocenters. The molecule has 20 heavy (non-hydrogen) atoms. The molecule has 0 bridgehead atoms. The van der Waals surface area contributed by atoms with E-state index in [4.69, 9.17) is 5.73 Å². The van der Waals surface area contributed by atoms with Gasteiger partial charge in [-0.05, 0) is 36.6 Å². The summed E-state index contributed by atoms with van der Waals surface area (Å²) in [7, 11) is 0. The number of rotatable bonds is 3. The molecule has 0 aliphatic rings. The number of benzene rings is 1. The molecule has 0 spiro atoms. The van der Waals surface area contributed by atoms with Crippen LogP contribution in [-0.2, 0) is 0 Å². The topological polar surface area (TPSA) is 56.0 Å². The molecule has 5 heteroatoms. The van der Waals surface area contributed by atoms with E-state index >= 15 is 0 Å². The van der Waals surface area contributed by atoms with Crippen LogP contribution in [0.4, 0.5) is 0 Å². The fraction of sp³-hybridized carbons (Fsp3) is 0.0667. The number of carbonyl (C=O) groups excluding carboxylic acids is 1. The van der Waals surface area contributed by atoms with E-state index < -0.39 is 5.91 Å². The summed E-state index contributed by atoms with van der Waals surface area (Å²) in [4.78, 5) is 17.8. The van der Waals surface area contributed by atoms with Gasteiger partial charge in [0.15, 0.2) is 0 Å². The number of hydrogen-bond acceptors (Lipinski definition) is 4. The number of fused-ring (bicyclic) bond motifs is 1. The predicted octanol–water partition coefficient (Wildman–Crippen LogP) is 3.85. The van der Waals surface area contributed by atoms with Crippen LogP contribution < -0.4 is 5.73 Å². The lowest BCUT2D eigenvalue weighted by Gasteiger charge is -2.05. The number of pyridine rings is 1.